The number of dihydropyridines is 1. The number of morpholine rings is 1. The van der Waals surface area contributed by atoms with Gasteiger partial charge in [0.05, 0.1) is 19.1 Å². The van der Waals surface area contributed by atoms with E-state index in [4.69, 9.17) is 4.74 Å². The molecule has 44 heavy (non-hydrogen) atoms. The standard InChI is InChI=1S/C36H49N5O3/c1-6-41(31-13-11-30(37-5)12-14-31)34-21-29(28-9-7-27(8-10-28)23-40-15-17-44-18-16-40)20-32(26(34)4)35(42)38-22-33-24(2)19-25(3)39-36(33)43/h7-10,19-21,30-31,33,37H,6,11-18,22-23H2,1-5H3,(H,38,42). The molecule has 3 aliphatic rings. The number of hydrogen-bond donors (Lipinski definition) is 2. The van der Waals surface area contributed by atoms with Gasteiger partial charge in [0.1, 0.15) is 0 Å². The largest absolute Gasteiger partial charge is 0.379 e. The van der Waals surface area contributed by atoms with Gasteiger partial charge in [-0.05, 0) is 101 Å². The average molecular weight is 600 g/mol. The van der Waals surface area contributed by atoms with Gasteiger partial charge in [0.25, 0.3) is 11.8 Å². The number of nitrogens with zero attached hydrogens (tertiary/aromatic N) is 3. The van der Waals surface area contributed by atoms with Gasteiger partial charge in [-0.3, -0.25) is 14.5 Å². The quantitative estimate of drug-likeness (QED) is 0.393. The van der Waals surface area contributed by atoms with Crippen molar-refractivity contribution in [2.75, 3.05) is 51.3 Å². The fraction of sp³-hybridized carbons (Fsp3) is 0.528. The summed E-state index contributed by atoms with van der Waals surface area (Å²) in [6.07, 6.45) is 6.47. The second kappa shape index (κ2) is 14.6. The Balaban J connectivity index is 1.43. The first kappa shape index (κ1) is 32.1. The van der Waals surface area contributed by atoms with E-state index < -0.39 is 5.92 Å². The number of ether oxygens (including phenoxy) is 1. The molecule has 2 aliphatic heterocycles. The summed E-state index contributed by atoms with van der Waals surface area (Å²) in [5, 5.41) is 6.53. The molecule has 2 N–H and O–H groups in total. The molecule has 8 nitrogen and oxygen atoms in total. The number of amides is 2. The number of allylic oxidation sites excluding steroid dienone is 1. The second-order valence-corrected chi connectivity index (χ2v) is 12.6. The normalized spacial score (nSPS) is 22.8. The molecule has 1 unspecified atom stereocenters. The third-order valence-electron chi connectivity index (χ3n) is 9.66. The molecule has 2 aromatic rings. The van der Waals surface area contributed by atoms with E-state index in [1.165, 1.54) is 5.56 Å². The number of hydrogen-bond acceptors (Lipinski definition) is 6. The summed E-state index contributed by atoms with van der Waals surface area (Å²) in [6.45, 7) is 13.5. The lowest BCUT2D eigenvalue weighted by atomic mass is 9.88. The van der Waals surface area contributed by atoms with Crippen molar-refractivity contribution in [2.24, 2.45) is 10.9 Å². The highest BCUT2D eigenvalue weighted by Gasteiger charge is 2.28. The van der Waals surface area contributed by atoms with Gasteiger partial charge in [0.15, 0.2) is 0 Å². The Morgan fingerprint density at radius 2 is 1.73 bits per heavy atom. The molecule has 5 rings (SSSR count). The predicted molar refractivity (Wildman–Crippen MR) is 179 cm³/mol. The summed E-state index contributed by atoms with van der Waals surface area (Å²) < 4.78 is 5.51. The van der Waals surface area contributed by atoms with E-state index in [0.717, 1.165) is 93.0 Å². The number of carbonyl (C=O) groups excluding carboxylic acids is 2. The smallest absolute Gasteiger partial charge is 0.254 e. The van der Waals surface area contributed by atoms with Crippen LogP contribution in [0.15, 0.2) is 53.0 Å². The molecule has 0 bridgehead atoms. The molecular weight excluding hydrogens is 550 g/mol. The fourth-order valence-corrected chi connectivity index (χ4v) is 6.97. The molecule has 0 aromatic heterocycles. The molecule has 2 aromatic carbocycles. The summed E-state index contributed by atoms with van der Waals surface area (Å²) in [4.78, 5) is 35.5. The SMILES string of the molecule is CCN(c1cc(-c2ccc(CN3CCOCC3)cc2)cc(C(=O)NCC2C(=O)N=C(C)C=C2C)c1C)C1CCC(NC)CC1. The maximum absolute atomic E-state index is 13.8. The first-order chi connectivity index (χ1) is 21.3. The van der Waals surface area contributed by atoms with Crippen LogP contribution in [0.5, 0.6) is 0 Å². The van der Waals surface area contributed by atoms with Crippen LogP contribution in [0.1, 0.15) is 67.9 Å². The molecule has 1 saturated carbocycles. The molecule has 1 saturated heterocycles. The number of aliphatic imine (C=N–C) groups is 1. The van der Waals surface area contributed by atoms with Crippen LogP contribution in [0.2, 0.25) is 0 Å². The van der Waals surface area contributed by atoms with Crippen LogP contribution >= 0.6 is 0 Å². The zero-order chi connectivity index (χ0) is 31.2. The van der Waals surface area contributed by atoms with Crippen LogP contribution in [-0.2, 0) is 16.1 Å². The summed E-state index contributed by atoms with van der Waals surface area (Å²) >= 11 is 0. The summed E-state index contributed by atoms with van der Waals surface area (Å²) in [6, 6.07) is 14.0. The molecule has 1 aliphatic carbocycles. The maximum atomic E-state index is 13.8. The first-order valence-electron chi connectivity index (χ1n) is 16.3. The molecule has 2 heterocycles. The number of nitrogens with one attached hydrogen (secondary N) is 2. The second-order valence-electron chi connectivity index (χ2n) is 12.6. The number of rotatable bonds is 10. The highest BCUT2D eigenvalue weighted by atomic mass is 16.5. The molecule has 8 heteroatoms. The third-order valence-corrected chi connectivity index (χ3v) is 9.66. The van der Waals surface area contributed by atoms with Crippen LogP contribution < -0.4 is 15.5 Å². The Labute approximate surface area is 262 Å². The molecule has 0 spiro atoms. The lowest BCUT2D eigenvalue weighted by Crippen LogP contribution is -2.42. The van der Waals surface area contributed by atoms with Crippen LogP contribution in [0, 0.1) is 12.8 Å². The third kappa shape index (κ3) is 7.48. The van der Waals surface area contributed by atoms with Crippen LogP contribution in [0.25, 0.3) is 11.1 Å². The minimum atomic E-state index is -0.431. The minimum Gasteiger partial charge on any atom is -0.379 e. The van der Waals surface area contributed by atoms with E-state index >= 15 is 0 Å². The topological polar surface area (TPSA) is 86.3 Å². The van der Waals surface area contributed by atoms with Crippen molar-refractivity contribution >= 4 is 23.2 Å². The molecule has 0 radical (unpaired) electrons. The Morgan fingerprint density at radius 3 is 2.36 bits per heavy atom. The van der Waals surface area contributed by atoms with E-state index in [-0.39, 0.29) is 18.4 Å². The Hall–Kier alpha value is -3.33. The van der Waals surface area contributed by atoms with Crippen molar-refractivity contribution in [3.8, 4) is 11.1 Å². The van der Waals surface area contributed by atoms with Gasteiger partial charge in [0, 0.05) is 61.8 Å². The van der Waals surface area contributed by atoms with Crippen molar-refractivity contribution in [1.29, 1.82) is 0 Å². The van der Waals surface area contributed by atoms with Crippen molar-refractivity contribution < 1.29 is 14.3 Å². The highest BCUT2D eigenvalue weighted by Crippen LogP contribution is 2.35. The molecular formula is C36H49N5O3. The zero-order valence-corrected chi connectivity index (χ0v) is 27.1. The van der Waals surface area contributed by atoms with Crippen molar-refractivity contribution in [2.45, 2.75) is 72.0 Å². The first-order valence-corrected chi connectivity index (χ1v) is 16.3. The lowest BCUT2D eigenvalue weighted by molar-refractivity contribution is -0.120. The van der Waals surface area contributed by atoms with Crippen LogP contribution in [0.3, 0.4) is 0 Å². The van der Waals surface area contributed by atoms with Gasteiger partial charge >= 0.3 is 0 Å². The van der Waals surface area contributed by atoms with E-state index in [1.54, 1.807) is 0 Å². The van der Waals surface area contributed by atoms with Crippen LogP contribution in [0.4, 0.5) is 5.69 Å². The van der Waals surface area contributed by atoms with E-state index in [1.807, 2.05) is 26.0 Å². The Bertz CT molecular complexity index is 1390. The fourth-order valence-electron chi connectivity index (χ4n) is 6.97. The van der Waals surface area contributed by atoms with Gasteiger partial charge in [-0.15, -0.1) is 0 Å². The highest BCUT2D eigenvalue weighted by molar-refractivity contribution is 6.06. The molecule has 236 valence electrons. The van der Waals surface area contributed by atoms with Crippen molar-refractivity contribution in [3.05, 3.63) is 64.7 Å². The van der Waals surface area contributed by atoms with Gasteiger partial charge in [-0.1, -0.05) is 29.8 Å². The minimum absolute atomic E-state index is 0.156. The van der Waals surface area contributed by atoms with E-state index in [2.05, 4.69) is 76.7 Å². The van der Waals surface area contributed by atoms with Gasteiger partial charge in [-0.2, -0.15) is 0 Å². The lowest BCUT2D eigenvalue weighted by Gasteiger charge is -2.39. The molecule has 1 atom stereocenters. The number of benzene rings is 2. The summed E-state index contributed by atoms with van der Waals surface area (Å²) in [5.74, 6) is -0.782. The van der Waals surface area contributed by atoms with Gasteiger partial charge in [0.2, 0.25) is 0 Å². The maximum Gasteiger partial charge on any atom is 0.254 e. The van der Waals surface area contributed by atoms with Gasteiger partial charge in [-0.25, -0.2) is 4.99 Å². The predicted octanol–water partition coefficient (Wildman–Crippen LogP) is 5.14. The van der Waals surface area contributed by atoms with E-state index in [9.17, 15) is 9.59 Å². The summed E-state index contributed by atoms with van der Waals surface area (Å²) in [5.41, 5.74) is 7.78. The Kier molecular flexibility index (Phi) is 10.7. The summed E-state index contributed by atoms with van der Waals surface area (Å²) in [7, 11) is 2.05. The van der Waals surface area contributed by atoms with E-state index in [0.29, 0.717) is 23.4 Å². The van der Waals surface area contributed by atoms with Crippen LogP contribution in [-0.4, -0.2) is 81.0 Å². The number of carbonyl (C=O) groups is 2. The number of anilines is 1. The average Bonchev–Trinajstić information content (AvgIpc) is 3.03. The molecule has 2 amide bonds. The monoisotopic (exact) mass is 599 g/mol. The zero-order valence-electron chi connectivity index (χ0n) is 27.1. The Morgan fingerprint density at radius 1 is 1.02 bits per heavy atom. The van der Waals surface area contributed by atoms with Crippen molar-refractivity contribution in [1.82, 2.24) is 15.5 Å². The van der Waals surface area contributed by atoms with Gasteiger partial charge < -0.3 is 20.3 Å². The van der Waals surface area contributed by atoms with Crippen molar-refractivity contribution in [3.63, 3.8) is 0 Å². The molecule has 2 fully saturated rings.